The highest BCUT2D eigenvalue weighted by atomic mass is 32.1. The molecule has 2 aromatic heterocycles. The molecule has 2 N–H and O–H groups in total. The number of carbonyl (C=O) groups is 2. The Labute approximate surface area is 154 Å². The topological polar surface area (TPSA) is 89.5 Å². The minimum absolute atomic E-state index is 0.235. The van der Waals surface area contributed by atoms with Crippen LogP contribution in [0.4, 0.5) is 10.8 Å². The summed E-state index contributed by atoms with van der Waals surface area (Å²) >= 11 is 6.33. The number of methoxy groups -OCH3 is 2. The fraction of sp³-hybridized carbons (Fsp3) is 0.250. The molecule has 0 unspecified atom stereocenters. The number of nitrogens with zero attached hydrogens (tertiary/aromatic N) is 1. The molecule has 0 aromatic carbocycles. The van der Waals surface area contributed by atoms with Crippen LogP contribution in [-0.4, -0.2) is 36.3 Å². The van der Waals surface area contributed by atoms with Gasteiger partial charge in [0.15, 0.2) is 5.11 Å². The zero-order chi connectivity index (χ0) is 18.6. The third-order valence-electron chi connectivity index (χ3n) is 3.29. The highest BCUT2D eigenvalue weighted by Crippen LogP contribution is 2.34. The molecule has 0 amide bonds. The van der Waals surface area contributed by atoms with Gasteiger partial charge in [-0.15, -0.1) is 11.3 Å². The fourth-order valence-electron chi connectivity index (χ4n) is 2.03. The summed E-state index contributed by atoms with van der Waals surface area (Å²) in [6.45, 7) is 3.58. The van der Waals surface area contributed by atoms with Crippen molar-refractivity contribution in [3.63, 3.8) is 0 Å². The lowest BCUT2D eigenvalue weighted by Gasteiger charge is -2.10. The van der Waals surface area contributed by atoms with Crippen LogP contribution in [0.5, 0.6) is 0 Å². The maximum absolute atomic E-state index is 12.1. The van der Waals surface area contributed by atoms with Gasteiger partial charge in [0.1, 0.15) is 15.7 Å². The van der Waals surface area contributed by atoms with Gasteiger partial charge in [-0.25, -0.2) is 14.6 Å². The zero-order valence-corrected chi connectivity index (χ0v) is 15.8. The number of aromatic nitrogens is 1. The average molecular weight is 379 g/mol. The smallest absolute Gasteiger partial charge is 0.348 e. The quantitative estimate of drug-likeness (QED) is 0.619. The van der Waals surface area contributed by atoms with E-state index in [4.69, 9.17) is 21.7 Å². The van der Waals surface area contributed by atoms with Crippen LogP contribution in [0, 0.1) is 13.8 Å². The van der Waals surface area contributed by atoms with E-state index in [0.29, 0.717) is 21.3 Å². The SMILES string of the molecule is COC(=O)c1sc(NC(=S)Nc2ccc(C)cn2)c(C(=O)OC)c1C. The molecule has 0 bridgehead atoms. The van der Waals surface area contributed by atoms with Crippen LogP contribution in [-0.2, 0) is 9.47 Å². The number of carbonyl (C=O) groups excluding carboxylic acids is 2. The largest absolute Gasteiger partial charge is 0.465 e. The molecule has 2 heterocycles. The van der Waals surface area contributed by atoms with E-state index < -0.39 is 11.9 Å². The molecule has 0 fully saturated rings. The molecule has 9 heteroatoms. The van der Waals surface area contributed by atoms with Crippen LogP contribution < -0.4 is 10.6 Å². The third kappa shape index (κ3) is 4.31. The Balaban J connectivity index is 2.27. The molecule has 0 saturated heterocycles. The summed E-state index contributed by atoms with van der Waals surface area (Å²) in [5.41, 5.74) is 1.74. The molecule has 0 aliphatic carbocycles. The molecule has 0 radical (unpaired) electrons. The van der Waals surface area contributed by atoms with Crippen LogP contribution >= 0.6 is 23.6 Å². The van der Waals surface area contributed by atoms with Gasteiger partial charge in [-0.1, -0.05) is 6.07 Å². The van der Waals surface area contributed by atoms with E-state index in [1.807, 2.05) is 13.0 Å². The Bertz CT molecular complexity index is 816. The van der Waals surface area contributed by atoms with E-state index in [1.54, 1.807) is 19.2 Å². The summed E-state index contributed by atoms with van der Waals surface area (Å²) in [5.74, 6) is -0.536. The predicted molar refractivity (Wildman–Crippen MR) is 101 cm³/mol. The maximum atomic E-state index is 12.1. The average Bonchev–Trinajstić information content (AvgIpc) is 2.91. The van der Waals surface area contributed by atoms with E-state index in [2.05, 4.69) is 15.6 Å². The zero-order valence-electron chi connectivity index (χ0n) is 14.1. The number of thiophene rings is 1. The fourth-order valence-corrected chi connectivity index (χ4v) is 3.42. The van der Waals surface area contributed by atoms with Crippen LogP contribution in [0.25, 0.3) is 0 Å². The molecule has 0 aliphatic rings. The van der Waals surface area contributed by atoms with Gasteiger partial charge in [-0.05, 0) is 43.3 Å². The van der Waals surface area contributed by atoms with Gasteiger partial charge in [0.25, 0.3) is 0 Å². The minimum atomic E-state index is -0.567. The number of rotatable bonds is 4. The Hall–Kier alpha value is -2.52. The van der Waals surface area contributed by atoms with Crippen molar-refractivity contribution in [2.45, 2.75) is 13.8 Å². The van der Waals surface area contributed by atoms with Crippen molar-refractivity contribution in [2.75, 3.05) is 24.9 Å². The number of nitrogens with one attached hydrogen (secondary N) is 2. The highest BCUT2D eigenvalue weighted by molar-refractivity contribution is 7.80. The molecule has 0 saturated carbocycles. The van der Waals surface area contributed by atoms with Crippen molar-refractivity contribution in [1.29, 1.82) is 0 Å². The Morgan fingerprint density at radius 1 is 1.12 bits per heavy atom. The van der Waals surface area contributed by atoms with Gasteiger partial charge in [0, 0.05) is 6.20 Å². The van der Waals surface area contributed by atoms with Crippen molar-refractivity contribution in [3.8, 4) is 0 Å². The predicted octanol–water partition coefficient (Wildman–Crippen LogP) is 3.14. The van der Waals surface area contributed by atoms with E-state index in [0.717, 1.165) is 16.9 Å². The van der Waals surface area contributed by atoms with Gasteiger partial charge in [0.2, 0.25) is 0 Å². The van der Waals surface area contributed by atoms with E-state index in [1.165, 1.54) is 14.2 Å². The first kappa shape index (κ1) is 18.8. The second-order valence-corrected chi connectivity index (χ2v) is 6.47. The highest BCUT2D eigenvalue weighted by Gasteiger charge is 2.26. The van der Waals surface area contributed by atoms with Crippen LogP contribution in [0.3, 0.4) is 0 Å². The van der Waals surface area contributed by atoms with E-state index in [9.17, 15) is 9.59 Å². The molecule has 0 spiro atoms. The van der Waals surface area contributed by atoms with Crippen molar-refractivity contribution in [1.82, 2.24) is 4.98 Å². The monoisotopic (exact) mass is 379 g/mol. The first-order chi connectivity index (χ1) is 11.9. The summed E-state index contributed by atoms with van der Waals surface area (Å²) in [6, 6.07) is 3.67. The molecule has 2 aromatic rings. The molecule has 132 valence electrons. The van der Waals surface area contributed by atoms with Crippen molar-refractivity contribution >= 4 is 51.4 Å². The van der Waals surface area contributed by atoms with Crippen LogP contribution in [0.15, 0.2) is 18.3 Å². The number of anilines is 2. The number of aryl methyl sites for hydroxylation is 1. The lowest BCUT2D eigenvalue weighted by atomic mass is 10.1. The van der Waals surface area contributed by atoms with E-state index >= 15 is 0 Å². The van der Waals surface area contributed by atoms with Gasteiger partial charge in [-0.3, -0.25) is 0 Å². The molecular formula is C16H17N3O4S2. The van der Waals surface area contributed by atoms with E-state index in [-0.39, 0.29) is 10.7 Å². The first-order valence-corrected chi connectivity index (χ1v) is 8.40. The summed E-state index contributed by atoms with van der Waals surface area (Å²) in [6.07, 6.45) is 1.70. The number of hydrogen-bond acceptors (Lipinski definition) is 7. The third-order valence-corrected chi connectivity index (χ3v) is 4.68. The number of pyridine rings is 1. The summed E-state index contributed by atoms with van der Waals surface area (Å²) in [5, 5.41) is 6.47. The summed E-state index contributed by atoms with van der Waals surface area (Å²) in [4.78, 5) is 28.4. The molecule has 0 aliphatic heterocycles. The van der Waals surface area contributed by atoms with Gasteiger partial charge in [0.05, 0.1) is 19.8 Å². The van der Waals surface area contributed by atoms with Crippen LogP contribution in [0.1, 0.15) is 31.2 Å². The summed E-state index contributed by atoms with van der Waals surface area (Å²) < 4.78 is 9.54. The number of esters is 2. The first-order valence-electron chi connectivity index (χ1n) is 7.18. The Kier molecular flexibility index (Phi) is 6.05. The summed E-state index contributed by atoms with van der Waals surface area (Å²) in [7, 11) is 2.55. The van der Waals surface area contributed by atoms with Crippen molar-refractivity contribution in [3.05, 3.63) is 39.9 Å². The number of ether oxygens (including phenoxy) is 2. The number of thiocarbonyl (C=S) groups is 1. The Morgan fingerprint density at radius 3 is 2.36 bits per heavy atom. The number of hydrogen-bond donors (Lipinski definition) is 2. The Morgan fingerprint density at radius 2 is 1.80 bits per heavy atom. The maximum Gasteiger partial charge on any atom is 0.348 e. The molecule has 0 atom stereocenters. The van der Waals surface area contributed by atoms with Gasteiger partial charge >= 0.3 is 11.9 Å². The second kappa shape index (κ2) is 8.04. The lowest BCUT2D eigenvalue weighted by molar-refractivity contribution is 0.0601. The second-order valence-electron chi connectivity index (χ2n) is 5.04. The van der Waals surface area contributed by atoms with Gasteiger partial charge < -0.3 is 20.1 Å². The van der Waals surface area contributed by atoms with Crippen molar-refractivity contribution in [2.24, 2.45) is 0 Å². The standard InChI is InChI=1S/C16H17N3O4S2/c1-8-5-6-10(17-7-8)18-16(24)19-13-11(14(20)22-3)9(2)12(25-13)15(21)23-4/h5-7H,1-4H3,(H2,17,18,19,24). The molecular weight excluding hydrogens is 362 g/mol. The molecule has 25 heavy (non-hydrogen) atoms. The van der Waals surface area contributed by atoms with Gasteiger partial charge in [-0.2, -0.15) is 0 Å². The van der Waals surface area contributed by atoms with Crippen molar-refractivity contribution < 1.29 is 19.1 Å². The molecule has 7 nitrogen and oxygen atoms in total. The van der Waals surface area contributed by atoms with Crippen LogP contribution in [0.2, 0.25) is 0 Å². The molecule has 2 rings (SSSR count). The minimum Gasteiger partial charge on any atom is -0.465 e. The normalized spacial score (nSPS) is 10.1. The lowest BCUT2D eigenvalue weighted by Crippen LogP contribution is -2.20.